The Kier molecular flexibility index (Phi) is 4.18. The summed E-state index contributed by atoms with van der Waals surface area (Å²) in [6, 6.07) is 8.37. The fourth-order valence-corrected chi connectivity index (χ4v) is 2.42. The summed E-state index contributed by atoms with van der Waals surface area (Å²) in [6.45, 7) is 2.03. The molecule has 20 heavy (non-hydrogen) atoms. The third-order valence-electron chi connectivity index (χ3n) is 3.56. The van der Waals surface area contributed by atoms with Crippen LogP contribution in [0.2, 0.25) is 0 Å². The standard InChI is InChI=1S/C15H19N5/c1-2-9-17-13(5-1)11-18-15-7-6-14(19-20-15)12-4-3-8-16-10-12/h3-4,6-8,10,13,17H,1-2,5,9,11H2,(H,18,20). The van der Waals surface area contributed by atoms with Gasteiger partial charge in [0.1, 0.15) is 5.82 Å². The van der Waals surface area contributed by atoms with Crippen molar-refractivity contribution in [3.05, 3.63) is 36.7 Å². The second-order valence-corrected chi connectivity index (χ2v) is 5.07. The van der Waals surface area contributed by atoms with Gasteiger partial charge >= 0.3 is 0 Å². The van der Waals surface area contributed by atoms with E-state index in [0.29, 0.717) is 6.04 Å². The molecule has 2 N–H and O–H groups in total. The molecule has 104 valence electrons. The van der Waals surface area contributed by atoms with Gasteiger partial charge in [0.25, 0.3) is 0 Å². The van der Waals surface area contributed by atoms with Crippen molar-refractivity contribution in [2.24, 2.45) is 0 Å². The lowest BCUT2D eigenvalue weighted by molar-refractivity contribution is 0.414. The van der Waals surface area contributed by atoms with Gasteiger partial charge in [-0.2, -0.15) is 0 Å². The zero-order valence-corrected chi connectivity index (χ0v) is 11.4. The van der Waals surface area contributed by atoms with Crippen LogP contribution in [-0.2, 0) is 0 Å². The van der Waals surface area contributed by atoms with E-state index in [-0.39, 0.29) is 0 Å². The zero-order valence-electron chi connectivity index (χ0n) is 11.4. The minimum atomic E-state index is 0.545. The van der Waals surface area contributed by atoms with Crippen LogP contribution >= 0.6 is 0 Å². The lowest BCUT2D eigenvalue weighted by atomic mass is 10.1. The molecule has 5 heteroatoms. The van der Waals surface area contributed by atoms with Crippen LogP contribution in [0.1, 0.15) is 19.3 Å². The van der Waals surface area contributed by atoms with Crippen LogP contribution in [0, 0.1) is 0 Å². The van der Waals surface area contributed by atoms with Crippen molar-refractivity contribution in [1.82, 2.24) is 20.5 Å². The summed E-state index contributed by atoms with van der Waals surface area (Å²) in [6.07, 6.45) is 7.38. The Morgan fingerprint density at radius 2 is 2.20 bits per heavy atom. The molecule has 3 heterocycles. The lowest BCUT2D eigenvalue weighted by Crippen LogP contribution is -2.39. The molecule has 0 saturated carbocycles. The molecule has 1 saturated heterocycles. The van der Waals surface area contributed by atoms with Crippen molar-refractivity contribution < 1.29 is 0 Å². The van der Waals surface area contributed by atoms with Gasteiger partial charge in [-0.3, -0.25) is 4.98 Å². The van der Waals surface area contributed by atoms with Crippen molar-refractivity contribution in [2.45, 2.75) is 25.3 Å². The van der Waals surface area contributed by atoms with E-state index in [4.69, 9.17) is 0 Å². The van der Waals surface area contributed by atoms with E-state index >= 15 is 0 Å². The lowest BCUT2D eigenvalue weighted by Gasteiger charge is -2.23. The molecule has 0 radical (unpaired) electrons. The number of hydrogen-bond donors (Lipinski definition) is 2. The van der Waals surface area contributed by atoms with Crippen molar-refractivity contribution >= 4 is 5.82 Å². The second-order valence-electron chi connectivity index (χ2n) is 5.07. The maximum Gasteiger partial charge on any atom is 0.148 e. The summed E-state index contributed by atoms with van der Waals surface area (Å²) < 4.78 is 0. The SMILES string of the molecule is c1cncc(-c2ccc(NCC3CCCCN3)nn2)c1. The van der Waals surface area contributed by atoms with Crippen LogP contribution in [0.4, 0.5) is 5.82 Å². The maximum atomic E-state index is 4.24. The Morgan fingerprint density at radius 3 is 2.90 bits per heavy atom. The summed E-state index contributed by atoms with van der Waals surface area (Å²) in [5, 5.41) is 15.3. The number of hydrogen-bond acceptors (Lipinski definition) is 5. The van der Waals surface area contributed by atoms with Gasteiger partial charge < -0.3 is 10.6 Å². The Bertz CT molecular complexity index is 520. The van der Waals surface area contributed by atoms with Gasteiger partial charge in [0.2, 0.25) is 0 Å². The Balaban J connectivity index is 1.58. The van der Waals surface area contributed by atoms with Gasteiger partial charge in [0, 0.05) is 30.5 Å². The Labute approximate surface area is 118 Å². The molecule has 3 rings (SSSR count). The van der Waals surface area contributed by atoms with Crippen LogP contribution in [0.3, 0.4) is 0 Å². The number of aromatic nitrogens is 3. The fraction of sp³-hybridized carbons (Fsp3) is 0.400. The minimum Gasteiger partial charge on any atom is -0.367 e. The summed E-state index contributed by atoms with van der Waals surface area (Å²) in [5.74, 6) is 0.824. The topological polar surface area (TPSA) is 62.7 Å². The van der Waals surface area contributed by atoms with Crippen LogP contribution in [-0.4, -0.2) is 34.3 Å². The summed E-state index contributed by atoms with van der Waals surface area (Å²) >= 11 is 0. The van der Waals surface area contributed by atoms with E-state index in [0.717, 1.165) is 30.2 Å². The van der Waals surface area contributed by atoms with Gasteiger partial charge in [-0.25, -0.2) is 0 Å². The highest BCUT2D eigenvalue weighted by atomic mass is 15.2. The van der Waals surface area contributed by atoms with Gasteiger partial charge in [-0.05, 0) is 43.7 Å². The molecule has 0 amide bonds. The number of nitrogens with zero attached hydrogens (tertiary/aromatic N) is 3. The molecule has 0 aliphatic carbocycles. The monoisotopic (exact) mass is 269 g/mol. The minimum absolute atomic E-state index is 0.545. The number of piperidine rings is 1. The van der Waals surface area contributed by atoms with Gasteiger partial charge in [-0.15, -0.1) is 10.2 Å². The average Bonchev–Trinajstić information content (AvgIpc) is 2.55. The predicted molar refractivity (Wildman–Crippen MR) is 79.4 cm³/mol. The van der Waals surface area contributed by atoms with Crippen molar-refractivity contribution in [3.8, 4) is 11.3 Å². The van der Waals surface area contributed by atoms with Crippen molar-refractivity contribution in [3.63, 3.8) is 0 Å². The zero-order chi connectivity index (χ0) is 13.6. The van der Waals surface area contributed by atoms with Crippen LogP contribution < -0.4 is 10.6 Å². The third-order valence-corrected chi connectivity index (χ3v) is 3.56. The van der Waals surface area contributed by atoms with Crippen LogP contribution in [0.15, 0.2) is 36.7 Å². The van der Waals surface area contributed by atoms with Crippen LogP contribution in [0.5, 0.6) is 0 Å². The molecule has 1 atom stereocenters. The largest absolute Gasteiger partial charge is 0.367 e. The number of nitrogens with one attached hydrogen (secondary N) is 2. The molecular formula is C15H19N5. The van der Waals surface area contributed by atoms with E-state index in [1.54, 1.807) is 12.4 Å². The Morgan fingerprint density at radius 1 is 1.20 bits per heavy atom. The highest BCUT2D eigenvalue weighted by molar-refractivity contribution is 5.57. The summed E-state index contributed by atoms with van der Waals surface area (Å²) in [7, 11) is 0. The molecule has 1 aliphatic heterocycles. The molecule has 0 aromatic carbocycles. The van der Waals surface area contributed by atoms with E-state index < -0.39 is 0 Å². The first-order chi connectivity index (χ1) is 9.92. The van der Waals surface area contributed by atoms with E-state index in [1.807, 2.05) is 24.3 Å². The first-order valence-electron chi connectivity index (χ1n) is 7.13. The molecule has 1 fully saturated rings. The average molecular weight is 269 g/mol. The maximum absolute atomic E-state index is 4.24. The highest BCUT2D eigenvalue weighted by Crippen LogP contribution is 2.15. The number of pyridine rings is 1. The highest BCUT2D eigenvalue weighted by Gasteiger charge is 2.12. The van der Waals surface area contributed by atoms with Crippen molar-refractivity contribution in [1.29, 1.82) is 0 Å². The van der Waals surface area contributed by atoms with Crippen molar-refractivity contribution in [2.75, 3.05) is 18.4 Å². The Hall–Kier alpha value is -2.01. The number of anilines is 1. The van der Waals surface area contributed by atoms with E-state index in [9.17, 15) is 0 Å². The molecule has 1 aliphatic rings. The predicted octanol–water partition coefficient (Wildman–Crippen LogP) is 2.09. The normalized spacial score (nSPS) is 18.7. The third kappa shape index (κ3) is 3.30. The molecule has 0 spiro atoms. The smallest absolute Gasteiger partial charge is 0.148 e. The molecular weight excluding hydrogens is 250 g/mol. The van der Waals surface area contributed by atoms with Gasteiger partial charge in [0.15, 0.2) is 0 Å². The second kappa shape index (κ2) is 6.43. The molecule has 2 aromatic rings. The first kappa shape index (κ1) is 13.0. The van der Waals surface area contributed by atoms with E-state index in [1.165, 1.54) is 19.3 Å². The van der Waals surface area contributed by atoms with Gasteiger partial charge in [-0.1, -0.05) is 6.42 Å². The molecule has 0 bridgehead atoms. The first-order valence-corrected chi connectivity index (χ1v) is 7.13. The summed E-state index contributed by atoms with van der Waals surface area (Å²) in [4.78, 5) is 4.09. The molecule has 1 unspecified atom stereocenters. The molecule has 5 nitrogen and oxygen atoms in total. The molecule has 2 aromatic heterocycles. The quantitative estimate of drug-likeness (QED) is 0.890. The van der Waals surface area contributed by atoms with Gasteiger partial charge in [0.05, 0.1) is 5.69 Å². The fourth-order valence-electron chi connectivity index (χ4n) is 2.42. The summed E-state index contributed by atoms with van der Waals surface area (Å²) in [5.41, 5.74) is 1.83. The van der Waals surface area contributed by atoms with E-state index in [2.05, 4.69) is 25.8 Å². The van der Waals surface area contributed by atoms with Crippen LogP contribution in [0.25, 0.3) is 11.3 Å². The number of rotatable bonds is 4.